The number of nitrogens with zero attached hydrogens (tertiary/aromatic N) is 2. The average molecular weight is 285 g/mol. The minimum atomic E-state index is -4.00. The maximum Gasteiger partial charge on any atom is 0.272 e. The van der Waals surface area contributed by atoms with Crippen molar-refractivity contribution in [2.24, 2.45) is 5.14 Å². The normalized spacial score (nSPS) is 11.1. The lowest BCUT2D eigenvalue weighted by molar-refractivity contribution is -0.385. The largest absolute Gasteiger partial charge is 0.370 e. The Morgan fingerprint density at radius 1 is 1.47 bits per heavy atom. The van der Waals surface area contributed by atoms with E-state index >= 15 is 0 Å². The van der Waals surface area contributed by atoms with E-state index < -0.39 is 14.9 Å². The molecule has 0 saturated heterocycles. The molecular weight excluding hydrogens is 270 g/mol. The fourth-order valence-corrected chi connectivity index (χ4v) is 2.12. The molecule has 1 aromatic rings. The van der Waals surface area contributed by atoms with Crippen LogP contribution < -0.4 is 10.0 Å². The summed E-state index contributed by atoms with van der Waals surface area (Å²) in [6, 6.07) is 3.52. The predicted octanol–water partition coefficient (Wildman–Crippen LogP) is 1.25. The monoisotopic (exact) mass is 285 g/mol. The maximum absolute atomic E-state index is 11.3. The molecule has 1 rings (SSSR count). The van der Waals surface area contributed by atoms with Crippen LogP contribution in [0.1, 0.15) is 6.92 Å². The van der Waals surface area contributed by atoms with Gasteiger partial charge in [0.2, 0.25) is 10.0 Å². The molecule has 0 aliphatic rings. The van der Waals surface area contributed by atoms with E-state index in [-0.39, 0.29) is 10.6 Å². The van der Waals surface area contributed by atoms with Crippen molar-refractivity contribution >= 4 is 21.4 Å². The lowest BCUT2D eigenvalue weighted by atomic mass is 10.2. The van der Waals surface area contributed by atoms with Crippen LogP contribution in [0.4, 0.5) is 11.4 Å². The molecule has 1 aromatic carbocycles. The Kier molecular flexibility index (Phi) is 4.28. The maximum atomic E-state index is 11.3. The molecular formula is C11H15N3O4S. The summed E-state index contributed by atoms with van der Waals surface area (Å²) in [5.74, 6) is 0. The van der Waals surface area contributed by atoms with Crippen molar-refractivity contribution in [2.75, 3.05) is 18.5 Å². The van der Waals surface area contributed by atoms with Crippen LogP contribution in [0.2, 0.25) is 0 Å². The second kappa shape index (κ2) is 5.37. The summed E-state index contributed by atoms with van der Waals surface area (Å²) in [4.78, 5) is 11.5. The van der Waals surface area contributed by atoms with Gasteiger partial charge >= 0.3 is 0 Å². The van der Waals surface area contributed by atoms with E-state index in [4.69, 9.17) is 5.14 Å². The molecule has 0 atom stereocenters. The first kappa shape index (κ1) is 15.1. The number of nitro benzene ring substituents is 1. The van der Waals surface area contributed by atoms with Gasteiger partial charge in [-0.2, -0.15) is 0 Å². The van der Waals surface area contributed by atoms with Crippen LogP contribution in [0, 0.1) is 10.1 Å². The van der Waals surface area contributed by atoms with Crippen molar-refractivity contribution in [2.45, 2.75) is 11.8 Å². The zero-order valence-electron chi connectivity index (χ0n) is 10.7. The van der Waals surface area contributed by atoms with Crippen LogP contribution in [0.25, 0.3) is 0 Å². The van der Waals surface area contributed by atoms with E-state index in [1.807, 2.05) is 0 Å². The van der Waals surface area contributed by atoms with Gasteiger partial charge in [0.05, 0.1) is 9.82 Å². The molecule has 0 heterocycles. The van der Waals surface area contributed by atoms with Crippen LogP contribution in [-0.4, -0.2) is 26.9 Å². The first-order valence-electron chi connectivity index (χ1n) is 5.29. The van der Waals surface area contributed by atoms with Crippen molar-refractivity contribution in [3.05, 3.63) is 40.5 Å². The summed E-state index contributed by atoms with van der Waals surface area (Å²) in [5.41, 5.74) is 0.905. The van der Waals surface area contributed by atoms with Gasteiger partial charge in [-0.15, -0.1) is 0 Å². The smallest absolute Gasteiger partial charge is 0.272 e. The van der Waals surface area contributed by atoms with Gasteiger partial charge in [0.25, 0.3) is 5.69 Å². The Balaban J connectivity index is 3.36. The number of nitro groups is 1. The molecule has 0 saturated carbocycles. The number of anilines is 1. The highest BCUT2D eigenvalue weighted by atomic mass is 32.2. The minimum absolute atomic E-state index is 0.287. The van der Waals surface area contributed by atoms with Gasteiger partial charge in [-0.3, -0.25) is 10.1 Å². The Morgan fingerprint density at radius 2 is 2.05 bits per heavy atom. The van der Waals surface area contributed by atoms with Crippen LogP contribution in [-0.2, 0) is 10.0 Å². The second-order valence-electron chi connectivity index (χ2n) is 4.30. The van der Waals surface area contributed by atoms with E-state index in [0.29, 0.717) is 12.2 Å². The number of hydrogen-bond donors (Lipinski definition) is 1. The molecule has 0 aliphatic carbocycles. The molecule has 0 unspecified atom stereocenters. The number of rotatable bonds is 5. The molecule has 8 heteroatoms. The Labute approximate surface area is 111 Å². The van der Waals surface area contributed by atoms with Gasteiger partial charge in [-0.1, -0.05) is 12.2 Å². The van der Waals surface area contributed by atoms with Gasteiger partial charge < -0.3 is 4.90 Å². The first-order chi connectivity index (χ1) is 8.61. The average Bonchev–Trinajstić information content (AvgIpc) is 2.26. The zero-order valence-corrected chi connectivity index (χ0v) is 11.5. The van der Waals surface area contributed by atoms with Gasteiger partial charge in [0, 0.05) is 31.4 Å². The van der Waals surface area contributed by atoms with Gasteiger partial charge in [0.15, 0.2) is 0 Å². The number of likely N-dealkylation sites (N-methyl/N-ethyl adjacent to an activating group) is 1. The van der Waals surface area contributed by atoms with Crippen LogP contribution >= 0.6 is 0 Å². The fraction of sp³-hybridized carbons (Fsp3) is 0.273. The number of sulfonamides is 1. The number of primary sulfonamides is 1. The van der Waals surface area contributed by atoms with Gasteiger partial charge in [-0.05, 0) is 13.0 Å². The number of benzene rings is 1. The number of nitrogens with two attached hydrogens (primary N) is 1. The summed E-state index contributed by atoms with van der Waals surface area (Å²) in [5, 5.41) is 15.8. The highest BCUT2D eigenvalue weighted by Crippen LogP contribution is 2.25. The first-order valence-corrected chi connectivity index (χ1v) is 6.83. The molecule has 0 bridgehead atoms. The summed E-state index contributed by atoms with van der Waals surface area (Å²) in [6.07, 6.45) is 0. The molecule has 19 heavy (non-hydrogen) atoms. The fourth-order valence-electron chi connectivity index (χ4n) is 1.55. The molecule has 0 fully saturated rings. The molecule has 7 nitrogen and oxygen atoms in total. The van der Waals surface area contributed by atoms with Crippen molar-refractivity contribution in [1.82, 2.24) is 0 Å². The van der Waals surface area contributed by atoms with E-state index in [9.17, 15) is 18.5 Å². The van der Waals surface area contributed by atoms with Gasteiger partial charge in [-0.25, -0.2) is 13.6 Å². The molecule has 0 aromatic heterocycles. The van der Waals surface area contributed by atoms with Crippen molar-refractivity contribution in [1.29, 1.82) is 0 Å². The molecule has 0 amide bonds. The molecule has 104 valence electrons. The quantitative estimate of drug-likeness (QED) is 0.498. The third-order valence-corrected chi connectivity index (χ3v) is 3.26. The van der Waals surface area contributed by atoms with E-state index in [1.54, 1.807) is 18.9 Å². The van der Waals surface area contributed by atoms with Crippen LogP contribution in [0.15, 0.2) is 35.2 Å². The lowest BCUT2D eigenvalue weighted by Crippen LogP contribution is -2.20. The van der Waals surface area contributed by atoms with Crippen molar-refractivity contribution in [3.8, 4) is 0 Å². The summed E-state index contributed by atoms with van der Waals surface area (Å²) >= 11 is 0. The van der Waals surface area contributed by atoms with E-state index in [0.717, 1.165) is 11.6 Å². The van der Waals surface area contributed by atoms with Crippen LogP contribution in [0.5, 0.6) is 0 Å². The second-order valence-corrected chi connectivity index (χ2v) is 5.86. The summed E-state index contributed by atoms with van der Waals surface area (Å²) in [7, 11) is -2.32. The van der Waals surface area contributed by atoms with E-state index in [1.165, 1.54) is 12.1 Å². The van der Waals surface area contributed by atoms with E-state index in [2.05, 4.69) is 6.58 Å². The molecule has 0 radical (unpaired) electrons. The molecule has 0 aliphatic heterocycles. The topological polar surface area (TPSA) is 107 Å². The van der Waals surface area contributed by atoms with Crippen molar-refractivity contribution in [3.63, 3.8) is 0 Å². The van der Waals surface area contributed by atoms with Gasteiger partial charge in [0.1, 0.15) is 0 Å². The molecule has 0 spiro atoms. The zero-order chi connectivity index (χ0) is 14.8. The van der Waals surface area contributed by atoms with Crippen LogP contribution in [0.3, 0.4) is 0 Å². The third-order valence-electron chi connectivity index (χ3n) is 2.36. The highest BCUT2D eigenvalue weighted by Gasteiger charge is 2.17. The Morgan fingerprint density at radius 3 is 2.47 bits per heavy atom. The predicted molar refractivity (Wildman–Crippen MR) is 72.6 cm³/mol. The number of non-ortho nitro benzene ring substituents is 1. The molecule has 2 N–H and O–H groups in total. The standard InChI is InChI=1S/C11H15N3O4S/c1-8(2)7-13(3)9-4-10(14(15)16)6-11(5-9)19(12,17)18/h4-6H,1,7H2,2-3H3,(H2,12,17,18). The lowest BCUT2D eigenvalue weighted by Gasteiger charge is -2.19. The van der Waals surface area contributed by atoms with Crippen molar-refractivity contribution < 1.29 is 13.3 Å². The third kappa shape index (κ3) is 4.04. The minimum Gasteiger partial charge on any atom is -0.370 e. The Bertz CT molecular complexity index is 625. The summed E-state index contributed by atoms with van der Waals surface area (Å²) in [6.45, 7) is 5.98. The highest BCUT2D eigenvalue weighted by molar-refractivity contribution is 7.89. The Hall–Kier alpha value is -1.93. The number of hydrogen-bond acceptors (Lipinski definition) is 5. The SMILES string of the molecule is C=C(C)CN(C)c1cc([N+](=O)[O-])cc(S(N)(=O)=O)c1. The summed E-state index contributed by atoms with van der Waals surface area (Å²) < 4.78 is 22.6.